The minimum absolute atomic E-state index is 0.508. The van der Waals surface area contributed by atoms with Gasteiger partial charge < -0.3 is 15.0 Å². The van der Waals surface area contributed by atoms with Crippen molar-refractivity contribution in [2.75, 3.05) is 59.0 Å². The molecule has 100 valence electrons. The van der Waals surface area contributed by atoms with Gasteiger partial charge in [-0.2, -0.15) is 0 Å². The Kier molecular flexibility index (Phi) is 5.71. The van der Waals surface area contributed by atoms with E-state index < -0.39 is 0 Å². The van der Waals surface area contributed by atoms with E-state index in [9.17, 15) is 0 Å². The van der Waals surface area contributed by atoms with Gasteiger partial charge in [-0.15, -0.1) is 0 Å². The summed E-state index contributed by atoms with van der Waals surface area (Å²) in [4.78, 5) is 5.05. The molecule has 0 aromatic rings. The first kappa shape index (κ1) is 13.3. The molecule has 1 N–H and O–H groups in total. The highest BCUT2D eigenvalue weighted by Gasteiger charge is 2.16. The van der Waals surface area contributed by atoms with Crippen molar-refractivity contribution in [2.45, 2.75) is 25.9 Å². The van der Waals surface area contributed by atoms with E-state index in [0.29, 0.717) is 6.10 Å². The Hall–Kier alpha value is -0.160. The number of hydrogen-bond donors (Lipinski definition) is 1. The average molecular weight is 241 g/mol. The van der Waals surface area contributed by atoms with E-state index in [-0.39, 0.29) is 0 Å². The lowest BCUT2D eigenvalue weighted by Gasteiger charge is -2.34. The molecule has 0 aliphatic carbocycles. The van der Waals surface area contributed by atoms with Crippen LogP contribution in [0, 0.1) is 0 Å². The Labute approximate surface area is 105 Å². The molecular weight excluding hydrogens is 214 g/mol. The van der Waals surface area contributed by atoms with Crippen LogP contribution in [0.25, 0.3) is 0 Å². The molecule has 0 aromatic heterocycles. The predicted octanol–water partition coefficient (Wildman–Crippen LogP) is 0.393. The minimum atomic E-state index is 0.508. The molecule has 0 bridgehead atoms. The molecule has 2 saturated heterocycles. The van der Waals surface area contributed by atoms with Crippen LogP contribution in [-0.4, -0.2) is 74.9 Å². The fraction of sp³-hybridized carbons (Fsp3) is 1.00. The number of nitrogens with zero attached hydrogens (tertiary/aromatic N) is 2. The highest BCUT2D eigenvalue weighted by atomic mass is 16.5. The van der Waals surface area contributed by atoms with Gasteiger partial charge in [-0.25, -0.2) is 0 Å². The van der Waals surface area contributed by atoms with Crippen LogP contribution in [0.4, 0.5) is 0 Å². The molecule has 0 atom stereocenters. The molecule has 0 aromatic carbocycles. The summed E-state index contributed by atoms with van der Waals surface area (Å²) >= 11 is 0. The van der Waals surface area contributed by atoms with Crippen LogP contribution in [0.15, 0.2) is 0 Å². The quantitative estimate of drug-likeness (QED) is 0.754. The normalized spacial score (nSPS) is 25.2. The van der Waals surface area contributed by atoms with Crippen LogP contribution >= 0.6 is 0 Å². The largest absolute Gasteiger partial charge is 0.377 e. The maximum absolute atomic E-state index is 5.94. The molecule has 0 saturated carbocycles. The zero-order valence-electron chi connectivity index (χ0n) is 11.2. The van der Waals surface area contributed by atoms with Gasteiger partial charge in [-0.1, -0.05) is 6.92 Å². The minimum Gasteiger partial charge on any atom is -0.377 e. The van der Waals surface area contributed by atoms with Crippen molar-refractivity contribution in [3.63, 3.8) is 0 Å². The van der Waals surface area contributed by atoms with Gasteiger partial charge in [0, 0.05) is 32.7 Å². The summed E-state index contributed by atoms with van der Waals surface area (Å²) in [5.41, 5.74) is 0. The number of rotatable bonds is 5. The van der Waals surface area contributed by atoms with E-state index >= 15 is 0 Å². The van der Waals surface area contributed by atoms with Gasteiger partial charge in [0.25, 0.3) is 0 Å². The fourth-order valence-corrected chi connectivity index (χ4v) is 2.64. The van der Waals surface area contributed by atoms with E-state index in [1.54, 1.807) is 0 Å². The first-order chi connectivity index (χ1) is 8.38. The van der Waals surface area contributed by atoms with Crippen molar-refractivity contribution in [2.24, 2.45) is 0 Å². The van der Waals surface area contributed by atoms with Crippen molar-refractivity contribution in [3.8, 4) is 0 Å². The Balaban J connectivity index is 1.53. The van der Waals surface area contributed by atoms with Gasteiger partial charge in [0.2, 0.25) is 0 Å². The van der Waals surface area contributed by atoms with E-state index in [1.807, 2.05) is 0 Å². The Morgan fingerprint density at radius 2 is 1.71 bits per heavy atom. The van der Waals surface area contributed by atoms with Crippen LogP contribution in [0.3, 0.4) is 0 Å². The highest BCUT2D eigenvalue weighted by Crippen LogP contribution is 2.07. The summed E-state index contributed by atoms with van der Waals surface area (Å²) in [6.07, 6.45) is 2.88. The van der Waals surface area contributed by atoms with Gasteiger partial charge in [-0.05, 0) is 32.5 Å². The summed E-state index contributed by atoms with van der Waals surface area (Å²) in [5, 5.41) is 3.37. The zero-order valence-corrected chi connectivity index (χ0v) is 11.2. The average Bonchev–Trinajstić information content (AvgIpc) is 2.41. The monoisotopic (exact) mass is 241 g/mol. The fourth-order valence-electron chi connectivity index (χ4n) is 2.64. The van der Waals surface area contributed by atoms with Gasteiger partial charge in [0.15, 0.2) is 0 Å². The maximum atomic E-state index is 5.94. The Morgan fingerprint density at radius 1 is 1.06 bits per heavy atom. The first-order valence-electron chi connectivity index (χ1n) is 7.15. The summed E-state index contributed by atoms with van der Waals surface area (Å²) < 4.78 is 5.94. The summed E-state index contributed by atoms with van der Waals surface area (Å²) in [6, 6.07) is 0. The molecule has 0 radical (unpaired) electrons. The molecule has 2 heterocycles. The second kappa shape index (κ2) is 7.31. The Bertz CT molecular complexity index is 199. The number of piperazine rings is 1. The lowest BCUT2D eigenvalue weighted by Crippen LogP contribution is -2.47. The number of nitrogens with one attached hydrogen (secondary N) is 1. The second-order valence-electron chi connectivity index (χ2n) is 5.10. The standard InChI is InChI=1S/C13H27N3O/c1-2-15-7-9-16(10-8-15)11-12-17-13-3-5-14-6-4-13/h13-14H,2-12H2,1H3. The number of hydrogen-bond acceptors (Lipinski definition) is 4. The predicted molar refractivity (Wildman–Crippen MR) is 70.4 cm³/mol. The van der Waals surface area contributed by atoms with Crippen molar-refractivity contribution in [3.05, 3.63) is 0 Å². The summed E-state index contributed by atoms with van der Waals surface area (Å²) in [7, 11) is 0. The topological polar surface area (TPSA) is 27.7 Å². The first-order valence-corrected chi connectivity index (χ1v) is 7.15. The van der Waals surface area contributed by atoms with Crippen LogP contribution < -0.4 is 5.32 Å². The number of likely N-dealkylation sites (N-methyl/N-ethyl adjacent to an activating group) is 1. The van der Waals surface area contributed by atoms with E-state index in [4.69, 9.17) is 4.74 Å². The molecule has 2 aliphatic heterocycles. The number of piperidine rings is 1. The second-order valence-corrected chi connectivity index (χ2v) is 5.10. The molecule has 2 fully saturated rings. The molecule has 0 unspecified atom stereocenters. The molecular formula is C13H27N3O. The third-order valence-corrected chi connectivity index (χ3v) is 3.96. The van der Waals surface area contributed by atoms with E-state index in [2.05, 4.69) is 22.0 Å². The van der Waals surface area contributed by atoms with E-state index in [0.717, 1.165) is 26.2 Å². The van der Waals surface area contributed by atoms with Crippen molar-refractivity contribution >= 4 is 0 Å². The third-order valence-electron chi connectivity index (χ3n) is 3.96. The molecule has 4 heteroatoms. The SMILES string of the molecule is CCN1CCN(CCOC2CCNCC2)CC1. The van der Waals surface area contributed by atoms with E-state index in [1.165, 1.54) is 45.6 Å². The molecule has 2 aliphatic rings. The molecule has 2 rings (SSSR count). The number of ether oxygens (including phenoxy) is 1. The summed E-state index contributed by atoms with van der Waals surface area (Å²) in [5.74, 6) is 0. The maximum Gasteiger partial charge on any atom is 0.0600 e. The van der Waals surface area contributed by atoms with Crippen molar-refractivity contribution in [1.29, 1.82) is 0 Å². The highest BCUT2D eigenvalue weighted by molar-refractivity contribution is 4.72. The lowest BCUT2D eigenvalue weighted by molar-refractivity contribution is 0.0131. The Morgan fingerprint density at radius 3 is 2.35 bits per heavy atom. The molecule has 17 heavy (non-hydrogen) atoms. The van der Waals surface area contributed by atoms with Gasteiger partial charge in [0.05, 0.1) is 12.7 Å². The zero-order chi connectivity index (χ0) is 11.9. The lowest BCUT2D eigenvalue weighted by atomic mass is 10.1. The molecule has 0 amide bonds. The van der Waals surface area contributed by atoms with Crippen LogP contribution in [0.1, 0.15) is 19.8 Å². The van der Waals surface area contributed by atoms with Crippen LogP contribution in [0.2, 0.25) is 0 Å². The van der Waals surface area contributed by atoms with Gasteiger partial charge in [-0.3, -0.25) is 4.90 Å². The van der Waals surface area contributed by atoms with Gasteiger partial charge >= 0.3 is 0 Å². The van der Waals surface area contributed by atoms with Crippen molar-refractivity contribution in [1.82, 2.24) is 15.1 Å². The van der Waals surface area contributed by atoms with Crippen LogP contribution in [-0.2, 0) is 4.74 Å². The smallest absolute Gasteiger partial charge is 0.0600 e. The summed E-state index contributed by atoms with van der Waals surface area (Å²) in [6.45, 7) is 12.6. The molecule has 4 nitrogen and oxygen atoms in total. The molecule has 0 spiro atoms. The third kappa shape index (κ3) is 4.54. The van der Waals surface area contributed by atoms with Gasteiger partial charge in [0.1, 0.15) is 0 Å². The van der Waals surface area contributed by atoms with Crippen LogP contribution in [0.5, 0.6) is 0 Å². The van der Waals surface area contributed by atoms with Crippen molar-refractivity contribution < 1.29 is 4.74 Å².